The molecule has 0 spiro atoms. The zero-order valence-corrected chi connectivity index (χ0v) is 17.2. The van der Waals surface area contributed by atoms with Crippen LogP contribution in [0, 0.1) is 6.92 Å². The lowest BCUT2D eigenvalue weighted by Crippen LogP contribution is -2.16. The number of rotatable bonds is 7. The Labute approximate surface area is 167 Å². The minimum Gasteiger partial charge on any atom is -0.330 e. The van der Waals surface area contributed by atoms with Gasteiger partial charge >= 0.3 is 0 Å². The molecule has 2 aromatic carbocycles. The first-order chi connectivity index (χ1) is 13.0. The van der Waals surface area contributed by atoms with E-state index in [0.717, 1.165) is 26.8 Å². The van der Waals surface area contributed by atoms with E-state index in [1.165, 1.54) is 23.1 Å². The largest absolute Gasteiger partial charge is 0.330 e. The number of nitrogens with zero attached hydrogens (tertiary/aromatic N) is 2. The summed E-state index contributed by atoms with van der Waals surface area (Å²) < 4.78 is 0.762. The monoisotopic (exact) mass is 398 g/mol. The molecular weight excluding hydrogens is 376 g/mol. The fraction of sp³-hybridized carbons (Fsp3) is 0.250. The molecule has 0 aliphatic rings. The summed E-state index contributed by atoms with van der Waals surface area (Å²) >= 11 is 2.83. The Balaban J connectivity index is 1.57. The molecule has 0 saturated heterocycles. The molecule has 140 valence electrons. The molecule has 0 saturated carbocycles. The van der Waals surface area contributed by atoms with E-state index in [-0.39, 0.29) is 5.91 Å². The topological polar surface area (TPSA) is 66.9 Å². The van der Waals surface area contributed by atoms with Crippen LogP contribution in [0.15, 0.2) is 52.9 Å². The van der Waals surface area contributed by atoms with Gasteiger partial charge in [-0.3, -0.25) is 4.79 Å². The number of aromatic nitrogens is 2. The molecule has 2 N–H and O–H groups in total. The minimum absolute atomic E-state index is 0.0380. The minimum atomic E-state index is -0.0380. The predicted octanol–water partition coefficient (Wildman–Crippen LogP) is 5.44. The third-order valence-corrected chi connectivity index (χ3v) is 5.92. The quantitative estimate of drug-likeness (QED) is 0.518. The van der Waals surface area contributed by atoms with E-state index in [4.69, 9.17) is 0 Å². The smallest absolute Gasteiger partial charge is 0.234 e. The molecule has 0 atom stereocenters. The lowest BCUT2D eigenvalue weighted by Gasteiger charge is -2.16. The molecule has 1 heterocycles. The van der Waals surface area contributed by atoms with Gasteiger partial charge in [-0.15, -0.1) is 10.2 Å². The zero-order chi connectivity index (χ0) is 19.2. The molecule has 7 heteroatoms. The third kappa shape index (κ3) is 5.30. The van der Waals surface area contributed by atoms with Gasteiger partial charge < -0.3 is 10.6 Å². The van der Waals surface area contributed by atoms with E-state index in [1.54, 1.807) is 0 Å². The van der Waals surface area contributed by atoms with Gasteiger partial charge in [0.2, 0.25) is 11.0 Å². The molecule has 27 heavy (non-hydrogen) atoms. The van der Waals surface area contributed by atoms with Crippen molar-refractivity contribution < 1.29 is 4.79 Å². The van der Waals surface area contributed by atoms with Gasteiger partial charge in [0.05, 0.1) is 5.75 Å². The first kappa shape index (κ1) is 19.4. The van der Waals surface area contributed by atoms with Crippen LogP contribution >= 0.6 is 23.1 Å². The average molecular weight is 399 g/mol. The number of nitrogens with one attached hydrogen (secondary N) is 2. The highest BCUT2D eigenvalue weighted by atomic mass is 32.2. The van der Waals surface area contributed by atoms with Crippen molar-refractivity contribution in [2.75, 3.05) is 16.4 Å². The molecule has 0 aliphatic carbocycles. The van der Waals surface area contributed by atoms with Crippen LogP contribution in [0.25, 0.3) is 0 Å². The second-order valence-corrected chi connectivity index (χ2v) is 8.59. The number of carbonyl (C=O) groups is 1. The Morgan fingerprint density at radius 3 is 2.63 bits per heavy atom. The Kier molecular flexibility index (Phi) is 6.47. The van der Waals surface area contributed by atoms with Crippen LogP contribution < -0.4 is 10.6 Å². The maximum absolute atomic E-state index is 12.4. The van der Waals surface area contributed by atoms with Gasteiger partial charge in [0.15, 0.2) is 4.34 Å². The van der Waals surface area contributed by atoms with Crippen molar-refractivity contribution in [3.8, 4) is 0 Å². The summed E-state index contributed by atoms with van der Waals surface area (Å²) in [7, 11) is 0. The number of aryl methyl sites for hydroxylation is 1. The fourth-order valence-electron chi connectivity index (χ4n) is 2.61. The average Bonchev–Trinajstić information content (AvgIpc) is 3.09. The first-order valence-corrected chi connectivity index (χ1v) is 10.5. The Hall–Kier alpha value is -2.38. The molecular formula is C20H22N4OS2. The molecule has 0 bridgehead atoms. The maximum Gasteiger partial charge on any atom is 0.234 e. The van der Waals surface area contributed by atoms with Crippen molar-refractivity contribution in [3.63, 3.8) is 0 Å². The molecule has 1 aromatic heterocycles. The van der Waals surface area contributed by atoms with Crippen LogP contribution in [0.4, 0.5) is 16.5 Å². The molecule has 0 radical (unpaired) electrons. The first-order valence-electron chi connectivity index (χ1n) is 8.70. The van der Waals surface area contributed by atoms with Crippen molar-refractivity contribution in [2.45, 2.75) is 31.0 Å². The molecule has 5 nitrogen and oxygen atoms in total. The zero-order valence-electron chi connectivity index (χ0n) is 15.5. The van der Waals surface area contributed by atoms with Crippen molar-refractivity contribution >= 4 is 45.5 Å². The Morgan fingerprint density at radius 1 is 1.11 bits per heavy atom. The number of para-hydroxylation sites is 2. The summed E-state index contributed by atoms with van der Waals surface area (Å²) in [6.07, 6.45) is 0. The van der Waals surface area contributed by atoms with Gasteiger partial charge in [0.1, 0.15) is 0 Å². The number of amides is 1. The molecule has 0 fully saturated rings. The van der Waals surface area contributed by atoms with E-state index < -0.39 is 0 Å². The van der Waals surface area contributed by atoms with Gasteiger partial charge in [0.25, 0.3) is 0 Å². The lowest BCUT2D eigenvalue weighted by atomic mass is 9.98. The summed E-state index contributed by atoms with van der Waals surface area (Å²) in [5.41, 5.74) is 4.11. The van der Waals surface area contributed by atoms with Gasteiger partial charge in [-0.05, 0) is 36.1 Å². The van der Waals surface area contributed by atoms with Gasteiger partial charge in [0, 0.05) is 11.4 Å². The summed E-state index contributed by atoms with van der Waals surface area (Å²) in [4.78, 5) is 12.4. The fourth-order valence-corrected chi connectivity index (χ4v) is 4.18. The normalized spacial score (nSPS) is 10.8. The van der Waals surface area contributed by atoms with Crippen molar-refractivity contribution in [1.82, 2.24) is 10.2 Å². The van der Waals surface area contributed by atoms with E-state index in [2.05, 4.69) is 40.7 Å². The van der Waals surface area contributed by atoms with Crippen LogP contribution in [-0.2, 0) is 4.79 Å². The standard InChI is InChI=1S/C20H22N4OS2/c1-13(2)16-11-7-8-14(3)18(16)22-17(25)12-26-20-24-23-19(27-20)21-15-9-5-4-6-10-15/h4-11,13H,12H2,1-3H3,(H,21,23)(H,22,25). The molecule has 0 aliphatic heterocycles. The van der Waals surface area contributed by atoms with Gasteiger partial charge in [-0.1, -0.05) is 73.3 Å². The van der Waals surface area contributed by atoms with Crippen LogP contribution in [0.2, 0.25) is 0 Å². The Morgan fingerprint density at radius 2 is 1.89 bits per heavy atom. The van der Waals surface area contributed by atoms with E-state index in [9.17, 15) is 4.79 Å². The van der Waals surface area contributed by atoms with Crippen LogP contribution in [-0.4, -0.2) is 21.9 Å². The molecule has 3 aromatic rings. The van der Waals surface area contributed by atoms with Crippen molar-refractivity contribution in [1.29, 1.82) is 0 Å². The number of carbonyl (C=O) groups excluding carboxylic acids is 1. The summed E-state index contributed by atoms with van der Waals surface area (Å²) in [5.74, 6) is 0.609. The highest BCUT2D eigenvalue weighted by Gasteiger charge is 2.13. The lowest BCUT2D eigenvalue weighted by molar-refractivity contribution is -0.113. The third-order valence-electron chi connectivity index (χ3n) is 3.95. The van der Waals surface area contributed by atoms with E-state index in [0.29, 0.717) is 16.8 Å². The number of benzene rings is 2. The van der Waals surface area contributed by atoms with E-state index >= 15 is 0 Å². The summed E-state index contributed by atoms with van der Waals surface area (Å²) in [5, 5.41) is 15.3. The van der Waals surface area contributed by atoms with Gasteiger partial charge in [-0.2, -0.15) is 0 Å². The summed E-state index contributed by atoms with van der Waals surface area (Å²) in [6.45, 7) is 6.27. The van der Waals surface area contributed by atoms with Crippen LogP contribution in [0.1, 0.15) is 30.9 Å². The SMILES string of the molecule is Cc1cccc(C(C)C)c1NC(=O)CSc1nnc(Nc2ccccc2)s1. The summed E-state index contributed by atoms with van der Waals surface area (Å²) in [6, 6.07) is 15.9. The number of hydrogen-bond acceptors (Lipinski definition) is 6. The number of hydrogen-bond donors (Lipinski definition) is 2. The van der Waals surface area contributed by atoms with Crippen molar-refractivity contribution in [2.24, 2.45) is 0 Å². The van der Waals surface area contributed by atoms with Crippen molar-refractivity contribution in [3.05, 3.63) is 59.7 Å². The maximum atomic E-state index is 12.4. The van der Waals surface area contributed by atoms with Crippen LogP contribution in [0.5, 0.6) is 0 Å². The second-order valence-electron chi connectivity index (χ2n) is 6.39. The highest BCUT2D eigenvalue weighted by molar-refractivity contribution is 8.01. The Bertz CT molecular complexity index is 909. The number of anilines is 3. The predicted molar refractivity (Wildman–Crippen MR) is 114 cm³/mol. The second kappa shape index (κ2) is 9.01. The van der Waals surface area contributed by atoms with Gasteiger partial charge in [-0.25, -0.2) is 0 Å². The molecule has 3 rings (SSSR count). The number of thioether (sulfide) groups is 1. The van der Waals surface area contributed by atoms with Crippen LogP contribution in [0.3, 0.4) is 0 Å². The molecule has 0 unspecified atom stereocenters. The highest BCUT2D eigenvalue weighted by Crippen LogP contribution is 2.29. The molecule has 1 amide bonds. The van der Waals surface area contributed by atoms with E-state index in [1.807, 2.05) is 49.4 Å².